The molecule has 158 valence electrons. The number of rotatable bonds is 4. The van der Waals surface area contributed by atoms with Gasteiger partial charge in [-0.25, -0.2) is 4.98 Å². The third-order valence-corrected chi connectivity index (χ3v) is 6.24. The molecule has 1 heterocycles. The molecule has 1 aliphatic rings. The number of carbonyl (C=O) groups excluding carboxylic acids is 1. The number of imidazole rings is 1. The summed E-state index contributed by atoms with van der Waals surface area (Å²) in [5.74, 6) is 0.376. The van der Waals surface area contributed by atoms with Crippen LogP contribution in [-0.4, -0.2) is 21.5 Å². The van der Waals surface area contributed by atoms with Crippen molar-refractivity contribution >= 4 is 29.1 Å². The monoisotopic (exact) mass is 452 g/mol. The third-order valence-electron chi connectivity index (χ3n) is 5.69. The zero-order chi connectivity index (χ0) is 22.0. The van der Waals surface area contributed by atoms with Gasteiger partial charge in [0.05, 0.1) is 22.3 Å². The second-order valence-corrected chi connectivity index (χ2v) is 8.64. The number of nitrogens with one attached hydrogen (secondary N) is 1. The minimum atomic E-state index is -0.178. The fourth-order valence-electron chi connectivity index (χ4n) is 4.07. The normalized spacial score (nSPS) is 14.3. The molecule has 1 N–H and O–H groups in total. The molecule has 0 aliphatic heterocycles. The van der Waals surface area contributed by atoms with Gasteiger partial charge in [-0.2, -0.15) is 5.26 Å². The maximum Gasteiger partial charge on any atom is 0.272 e. The molecular weight excluding hydrogens is 431 g/mol. The van der Waals surface area contributed by atoms with Gasteiger partial charge in [0.25, 0.3) is 5.91 Å². The molecule has 0 saturated heterocycles. The van der Waals surface area contributed by atoms with Crippen LogP contribution in [-0.2, 0) is 0 Å². The summed E-state index contributed by atoms with van der Waals surface area (Å²) in [6, 6.07) is 14.7. The Labute approximate surface area is 191 Å². The SMILES string of the molecule is Cc1c(C(=O)NC2CCCCC2)nc(-c2ccc(Cl)cc2Cl)n1-c1ccc(C#N)cc1. The Morgan fingerprint density at radius 3 is 2.48 bits per heavy atom. The molecule has 1 aliphatic carbocycles. The highest BCUT2D eigenvalue weighted by Gasteiger charge is 2.25. The minimum absolute atomic E-state index is 0.178. The predicted molar refractivity (Wildman–Crippen MR) is 123 cm³/mol. The van der Waals surface area contributed by atoms with Gasteiger partial charge in [-0.15, -0.1) is 0 Å². The molecule has 0 bridgehead atoms. The lowest BCUT2D eigenvalue weighted by Crippen LogP contribution is -2.36. The van der Waals surface area contributed by atoms with Crippen LogP contribution < -0.4 is 5.32 Å². The number of benzene rings is 2. The van der Waals surface area contributed by atoms with Crippen LogP contribution in [0.4, 0.5) is 0 Å². The second kappa shape index (κ2) is 9.13. The Hall–Kier alpha value is -2.81. The van der Waals surface area contributed by atoms with E-state index in [1.807, 2.05) is 23.6 Å². The minimum Gasteiger partial charge on any atom is -0.348 e. The van der Waals surface area contributed by atoms with Crippen LogP contribution in [0.2, 0.25) is 10.0 Å². The number of nitriles is 1. The Bertz CT molecular complexity index is 1160. The standard InChI is InChI=1S/C24H22Cl2N4O/c1-15-22(24(31)28-18-5-3-2-4-6-18)29-23(20-12-9-17(25)13-21(20)26)30(15)19-10-7-16(14-27)8-11-19/h7-13,18H,2-6H2,1H3,(H,28,31). The van der Waals surface area contributed by atoms with Gasteiger partial charge in [0, 0.05) is 22.3 Å². The zero-order valence-corrected chi connectivity index (χ0v) is 18.7. The molecule has 0 spiro atoms. The van der Waals surface area contributed by atoms with Gasteiger partial charge in [-0.05, 0) is 62.2 Å². The first-order chi connectivity index (χ1) is 15.0. The Kier molecular flexibility index (Phi) is 6.31. The quantitative estimate of drug-likeness (QED) is 0.520. The van der Waals surface area contributed by atoms with E-state index in [1.165, 1.54) is 6.42 Å². The van der Waals surface area contributed by atoms with E-state index in [4.69, 9.17) is 33.4 Å². The summed E-state index contributed by atoms with van der Waals surface area (Å²) in [4.78, 5) is 17.8. The fourth-order valence-corrected chi connectivity index (χ4v) is 4.56. The molecule has 4 rings (SSSR count). The molecule has 31 heavy (non-hydrogen) atoms. The van der Waals surface area contributed by atoms with E-state index in [1.54, 1.807) is 30.3 Å². The van der Waals surface area contributed by atoms with Gasteiger partial charge in [0.15, 0.2) is 0 Å². The van der Waals surface area contributed by atoms with Gasteiger partial charge in [-0.1, -0.05) is 42.5 Å². The maximum atomic E-state index is 13.1. The number of hydrogen-bond donors (Lipinski definition) is 1. The first-order valence-electron chi connectivity index (χ1n) is 10.3. The van der Waals surface area contributed by atoms with E-state index < -0.39 is 0 Å². The Morgan fingerprint density at radius 2 is 1.84 bits per heavy atom. The number of aromatic nitrogens is 2. The number of nitrogens with zero attached hydrogens (tertiary/aromatic N) is 3. The summed E-state index contributed by atoms with van der Waals surface area (Å²) in [6.45, 7) is 1.87. The van der Waals surface area contributed by atoms with Gasteiger partial charge >= 0.3 is 0 Å². The number of amides is 1. The highest BCUT2D eigenvalue weighted by molar-refractivity contribution is 6.36. The molecule has 1 aromatic heterocycles. The number of hydrogen-bond acceptors (Lipinski definition) is 3. The number of carbonyl (C=O) groups is 1. The van der Waals surface area contributed by atoms with Gasteiger partial charge < -0.3 is 5.32 Å². The summed E-state index contributed by atoms with van der Waals surface area (Å²) in [5.41, 5.74) is 3.11. The van der Waals surface area contributed by atoms with Crippen LogP contribution >= 0.6 is 23.2 Å². The van der Waals surface area contributed by atoms with E-state index in [0.29, 0.717) is 38.4 Å². The van der Waals surface area contributed by atoms with Gasteiger partial charge in [0.1, 0.15) is 11.5 Å². The van der Waals surface area contributed by atoms with E-state index in [2.05, 4.69) is 11.4 Å². The van der Waals surface area contributed by atoms with E-state index in [0.717, 1.165) is 31.4 Å². The average Bonchev–Trinajstić information content (AvgIpc) is 3.11. The van der Waals surface area contributed by atoms with Crippen molar-refractivity contribution in [2.75, 3.05) is 0 Å². The van der Waals surface area contributed by atoms with Crippen molar-refractivity contribution in [3.8, 4) is 23.1 Å². The highest BCUT2D eigenvalue weighted by atomic mass is 35.5. The van der Waals surface area contributed by atoms with Crippen molar-refractivity contribution < 1.29 is 4.79 Å². The van der Waals surface area contributed by atoms with Crippen LogP contribution in [0.25, 0.3) is 17.1 Å². The van der Waals surface area contributed by atoms with Crippen LogP contribution in [0.15, 0.2) is 42.5 Å². The van der Waals surface area contributed by atoms with Crippen molar-refractivity contribution in [2.45, 2.75) is 45.1 Å². The molecule has 1 fully saturated rings. The molecule has 1 saturated carbocycles. The second-order valence-electron chi connectivity index (χ2n) is 7.80. The molecule has 7 heteroatoms. The van der Waals surface area contributed by atoms with Crippen LogP contribution in [0.1, 0.15) is 53.8 Å². The first-order valence-corrected chi connectivity index (χ1v) is 11.1. The van der Waals surface area contributed by atoms with E-state index >= 15 is 0 Å². The van der Waals surface area contributed by atoms with Crippen molar-refractivity contribution in [2.24, 2.45) is 0 Å². The summed E-state index contributed by atoms with van der Waals surface area (Å²) in [7, 11) is 0. The zero-order valence-electron chi connectivity index (χ0n) is 17.2. The molecule has 2 aromatic carbocycles. The van der Waals surface area contributed by atoms with Crippen LogP contribution in [0, 0.1) is 18.3 Å². The summed E-state index contributed by atoms with van der Waals surface area (Å²) in [6.07, 6.45) is 5.48. The molecule has 0 radical (unpaired) electrons. The topological polar surface area (TPSA) is 70.7 Å². The first kappa shape index (κ1) is 21.4. The highest BCUT2D eigenvalue weighted by Crippen LogP contribution is 2.33. The maximum absolute atomic E-state index is 13.1. The smallest absolute Gasteiger partial charge is 0.272 e. The summed E-state index contributed by atoms with van der Waals surface area (Å²) >= 11 is 12.6. The summed E-state index contributed by atoms with van der Waals surface area (Å²) < 4.78 is 1.89. The molecule has 1 amide bonds. The van der Waals surface area contributed by atoms with Gasteiger partial charge in [-0.3, -0.25) is 9.36 Å². The molecular formula is C24H22Cl2N4O. The third kappa shape index (κ3) is 4.46. The fraction of sp³-hybridized carbons (Fsp3) is 0.292. The van der Waals surface area contributed by atoms with E-state index in [9.17, 15) is 4.79 Å². The molecule has 0 unspecified atom stereocenters. The van der Waals surface area contributed by atoms with Crippen LogP contribution in [0.3, 0.4) is 0 Å². The molecule has 3 aromatic rings. The lowest BCUT2D eigenvalue weighted by atomic mass is 9.95. The predicted octanol–water partition coefficient (Wildman–Crippen LogP) is 6.09. The Morgan fingerprint density at radius 1 is 1.13 bits per heavy atom. The van der Waals surface area contributed by atoms with Crippen molar-refractivity contribution in [3.63, 3.8) is 0 Å². The lowest BCUT2D eigenvalue weighted by molar-refractivity contribution is 0.0922. The van der Waals surface area contributed by atoms with Crippen molar-refractivity contribution in [3.05, 3.63) is 69.5 Å². The van der Waals surface area contributed by atoms with Crippen molar-refractivity contribution in [1.82, 2.24) is 14.9 Å². The Balaban J connectivity index is 1.81. The van der Waals surface area contributed by atoms with Gasteiger partial charge in [0.2, 0.25) is 0 Å². The molecule has 0 atom stereocenters. The molecule has 5 nitrogen and oxygen atoms in total. The van der Waals surface area contributed by atoms with Crippen LogP contribution in [0.5, 0.6) is 0 Å². The van der Waals surface area contributed by atoms with Crippen molar-refractivity contribution in [1.29, 1.82) is 5.26 Å². The summed E-state index contributed by atoms with van der Waals surface area (Å²) in [5, 5.41) is 13.3. The van der Waals surface area contributed by atoms with E-state index in [-0.39, 0.29) is 11.9 Å². The largest absolute Gasteiger partial charge is 0.348 e. The number of halogens is 2. The lowest BCUT2D eigenvalue weighted by Gasteiger charge is -2.22. The average molecular weight is 453 g/mol.